The van der Waals surface area contributed by atoms with Crippen LogP contribution in [0.15, 0.2) is 48.6 Å². The fraction of sp³-hybridized carbons (Fsp3) is 0.706. The van der Waals surface area contributed by atoms with Crippen molar-refractivity contribution in [1.82, 2.24) is 0 Å². The van der Waals surface area contributed by atoms with Gasteiger partial charge in [0.05, 0.1) is 0 Å². The van der Waals surface area contributed by atoms with Crippen molar-refractivity contribution in [2.45, 2.75) is 155 Å². The summed E-state index contributed by atoms with van der Waals surface area (Å²) in [6.45, 7) is 4.38. The SMILES string of the molecule is CC/C=C\C/C=C\C/C=C\C(CCCCCCC(=O)O)OC(=O)CCCCCCC/C=C\CCCCCC. The predicted molar refractivity (Wildman–Crippen MR) is 162 cm³/mol. The zero-order chi connectivity index (χ0) is 27.9. The van der Waals surface area contributed by atoms with E-state index in [1.807, 2.05) is 6.08 Å². The number of hydrogen-bond acceptors (Lipinski definition) is 3. The van der Waals surface area contributed by atoms with E-state index < -0.39 is 5.97 Å². The van der Waals surface area contributed by atoms with Crippen molar-refractivity contribution in [2.75, 3.05) is 0 Å². The Morgan fingerprint density at radius 1 is 0.632 bits per heavy atom. The smallest absolute Gasteiger partial charge is 0.306 e. The van der Waals surface area contributed by atoms with E-state index in [1.54, 1.807) is 0 Å². The lowest BCUT2D eigenvalue weighted by Crippen LogP contribution is -2.16. The molecular formula is C34H58O4. The number of allylic oxidation sites excluding steroid dienone is 7. The van der Waals surface area contributed by atoms with Gasteiger partial charge in [-0.2, -0.15) is 0 Å². The molecule has 1 N–H and O–H groups in total. The van der Waals surface area contributed by atoms with Gasteiger partial charge < -0.3 is 9.84 Å². The lowest BCUT2D eigenvalue weighted by atomic mass is 10.1. The lowest BCUT2D eigenvalue weighted by Gasteiger charge is -2.14. The van der Waals surface area contributed by atoms with Gasteiger partial charge in [-0.25, -0.2) is 0 Å². The summed E-state index contributed by atoms with van der Waals surface area (Å²) < 4.78 is 5.80. The molecule has 4 nitrogen and oxygen atoms in total. The van der Waals surface area contributed by atoms with Crippen molar-refractivity contribution in [1.29, 1.82) is 0 Å². The largest absolute Gasteiger partial charge is 0.481 e. The van der Waals surface area contributed by atoms with E-state index in [0.29, 0.717) is 12.8 Å². The van der Waals surface area contributed by atoms with Crippen molar-refractivity contribution in [2.24, 2.45) is 0 Å². The number of unbranched alkanes of at least 4 members (excludes halogenated alkanes) is 12. The van der Waals surface area contributed by atoms with Gasteiger partial charge in [-0.1, -0.05) is 108 Å². The molecule has 0 spiro atoms. The maximum Gasteiger partial charge on any atom is 0.306 e. The van der Waals surface area contributed by atoms with E-state index in [0.717, 1.165) is 57.8 Å². The molecule has 0 aliphatic heterocycles. The van der Waals surface area contributed by atoms with E-state index in [-0.39, 0.29) is 18.5 Å². The van der Waals surface area contributed by atoms with Gasteiger partial charge in [0, 0.05) is 12.8 Å². The Morgan fingerprint density at radius 2 is 1.18 bits per heavy atom. The van der Waals surface area contributed by atoms with Crippen molar-refractivity contribution >= 4 is 11.9 Å². The third-order valence-electron chi connectivity index (χ3n) is 6.52. The summed E-state index contributed by atoms with van der Waals surface area (Å²) in [4.78, 5) is 23.1. The topological polar surface area (TPSA) is 63.6 Å². The molecule has 0 aliphatic rings. The van der Waals surface area contributed by atoms with Gasteiger partial charge in [0.2, 0.25) is 0 Å². The molecule has 0 aliphatic carbocycles. The normalized spacial score (nSPS) is 12.9. The standard InChI is InChI=1S/C34H58O4/c1-3-5-7-9-11-13-14-15-16-17-19-21-27-31-34(37)38-32(29-25-22-23-26-30-33(35)36)28-24-20-18-12-10-8-6-4-2/h6,8,12-14,18,24,28,32H,3-5,7,9-11,15-17,19-23,25-27,29-31H2,1-2H3,(H,35,36)/b8-6-,14-13-,18-12-,28-24-. The van der Waals surface area contributed by atoms with Crippen LogP contribution in [0.5, 0.6) is 0 Å². The molecule has 0 aromatic rings. The number of esters is 1. The van der Waals surface area contributed by atoms with E-state index in [9.17, 15) is 9.59 Å². The summed E-state index contributed by atoms with van der Waals surface area (Å²) in [6.07, 6.45) is 38.4. The molecular weight excluding hydrogens is 472 g/mol. The number of carbonyl (C=O) groups is 2. The quantitative estimate of drug-likeness (QED) is 0.0651. The van der Waals surface area contributed by atoms with Crippen LogP contribution in [0.3, 0.4) is 0 Å². The Hall–Kier alpha value is -2.10. The third-order valence-corrected chi connectivity index (χ3v) is 6.52. The monoisotopic (exact) mass is 530 g/mol. The molecule has 0 aromatic heterocycles. The van der Waals surface area contributed by atoms with Crippen molar-refractivity contribution in [3.05, 3.63) is 48.6 Å². The Kier molecular flexibility index (Phi) is 27.8. The molecule has 0 aromatic carbocycles. The highest BCUT2D eigenvalue weighted by Gasteiger charge is 2.11. The van der Waals surface area contributed by atoms with Crippen LogP contribution in [0, 0.1) is 0 Å². The second kappa shape index (κ2) is 29.5. The number of ether oxygens (including phenoxy) is 1. The number of hydrogen-bond donors (Lipinski definition) is 1. The summed E-state index contributed by atoms with van der Waals surface area (Å²) in [5.74, 6) is -0.834. The first kappa shape index (κ1) is 35.9. The average molecular weight is 531 g/mol. The summed E-state index contributed by atoms with van der Waals surface area (Å²) in [5, 5.41) is 8.77. The number of aliphatic carboxylic acids is 1. The maximum atomic E-state index is 12.4. The molecule has 0 heterocycles. The summed E-state index contributed by atoms with van der Waals surface area (Å²) >= 11 is 0. The fourth-order valence-electron chi connectivity index (χ4n) is 4.23. The van der Waals surface area contributed by atoms with Gasteiger partial charge >= 0.3 is 11.9 Å². The predicted octanol–water partition coefficient (Wildman–Crippen LogP) is 10.4. The van der Waals surface area contributed by atoms with Crippen LogP contribution in [-0.2, 0) is 14.3 Å². The summed E-state index contributed by atoms with van der Waals surface area (Å²) in [6, 6.07) is 0. The Morgan fingerprint density at radius 3 is 1.84 bits per heavy atom. The first-order valence-corrected chi connectivity index (χ1v) is 15.6. The molecule has 1 unspecified atom stereocenters. The maximum absolute atomic E-state index is 12.4. The third kappa shape index (κ3) is 28.5. The van der Waals surface area contributed by atoms with Gasteiger partial charge in [0.25, 0.3) is 0 Å². The van der Waals surface area contributed by atoms with Crippen LogP contribution in [-0.4, -0.2) is 23.1 Å². The number of carboxylic acids is 1. The number of rotatable bonds is 27. The second-order valence-corrected chi connectivity index (χ2v) is 10.3. The van der Waals surface area contributed by atoms with Gasteiger partial charge in [-0.05, 0) is 76.7 Å². The van der Waals surface area contributed by atoms with Crippen molar-refractivity contribution in [3.8, 4) is 0 Å². The van der Waals surface area contributed by atoms with E-state index in [4.69, 9.17) is 9.84 Å². The highest BCUT2D eigenvalue weighted by Crippen LogP contribution is 2.14. The van der Waals surface area contributed by atoms with Crippen LogP contribution in [0.2, 0.25) is 0 Å². The Labute approximate surface area is 234 Å². The van der Waals surface area contributed by atoms with Crippen LogP contribution in [0.25, 0.3) is 0 Å². The highest BCUT2D eigenvalue weighted by atomic mass is 16.5. The molecule has 38 heavy (non-hydrogen) atoms. The zero-order valence-corrected chi connectivity index (χ0v) is 24.7. The van der Waals surface area contributed by atoms with E-state index >= 15 is 0 Å². The van der Waals surface area contributed by atoms with Crippen LogP contribution in [0.4, 0.5) is 0 Å². The fourth-order valence-corrected chi connectivity index (χ4v) is 4.23. The van der Waals surface area contributed by atoms with E-state index in [2.05, 4.69) is 56.4 Å². The van der Waals surface area contributed by atoms with Gasteiger partial charge in [0.15, 0.2) is 0 Å². The van der Waals surface area contributed by atoms with Crippen molar-refractivity contribution in [3.63, 3.8) is 0 Å². The van der Waals surface area contributed by atoms with Gasteiger partial charge in [0.1, 0.15) is 6.10 Å². The lowest BCUT2D eigenvalue weighted by molar-refractivity contribution is -0.147. The van der Waals surface area contributed by atoms with E-state index in [1.165, 1.54) is 57.8 Å². The number of carboxylic acid groups (broad SMARTS) is 1. The summed E-state index contributed by atoms with van der Waals surface area (Å²) in [5.41, 5.74) is 0. The Bertz CT molecular complexity index is 659. The molecule has 0 amide bonds. The van der Waals surface area contributed by atoms with Crippen LogP contribution in [0.1, 0.15) is 149 Å². The molecule has 0 rings (SSSR count). The molecule has 0 saturated heterocycles. The minimum atomic E-state index is -0.733. The minimum absolute atomic E-state index is 0.100. The first-order chi connectivity index (χ1) is 18.6. The molecule has 0 saturated carbocycles. The average Bonchev–Trinajstić information content (AvgIpc) is 2.89. The van der Waals surface area contributed by atoms with Gasteiger partial charge in [-0.3, -0.25) is 9.59 Å². The molecule has 218 valence electrons. The van der Waals surface area contributed by atoms with Crippen LogP contribution >= 0.6 is 0 Å². The second-order valence-electron chi connectivity index (χ2n) is 10.3. The zero-order valence-electron chi connectivity index (χ0n) is 24.7. The number of carbonyl (C=O) groups excluding carboxylic acids is 1. The van der Waals surface area contributed by atoms with Gasteiger partial charge in [-0.15, -0.1) is 0 Å². The summed E-state index contributed by atoms with van der Waals surface area (Å²) in [7, 11) is 0. The molecule has 0 radical (unpaired) electrons. The highest BCUT2D eigenvalue weighted by molar-refractivity contribution is 5.69. The molecule has 0 fully saturated rings. The van der Waals surface area contributed by atoms with Crippen LogP contribution < -0.4 is 0 Å². The molecule has 1 atom stereocenters. The minimum Gasteiger partial charge on any atom is -0.481 e. The first-order valence-electron chi connectivity index (χ1n) is 15.6. The van der Waals surface area contributed by atoms with Crippen molar-refractivity contribution < 1.29 is 19.4 Å². The Balaban J connectivity index is 4.16. The molecule has 4 heteroatoms. The molecule has 0 bridgehead atoms.